The van der Waals surface area contributed by atoms with Gasteiger partial charge in [0.2, 0.25) is 0 Å². The van der Waals surface area contributed by atoms with E-state index in [1.807, 2.05) is 31.2 Å². The first-order chi connectivity index (χ1) is 17.4. The molecule has 0 spiro atoms. The smallest absolute Gasteiger partial charge is 0.270 e. The number of nitrogens with zero attached hydrogens (tertiary/aromatic N) is 3. The maximum Gasteiger partial charge on any atom is 0.270 e. The number of aryl methyl sites for hydroxylation is 1. The minimum atomic E-state index is -0.753. The molecule has 2 aromatic heterocycles. The number of fused-ring (bicyclic) bond motifs is 2. The summed E-state index contributed by atoms with van der Waals surface area (Å²) in [5.74, 6) is -1.24. The van der Waals surface area contributed by atoms with Gasteiger partial charge in [-0.25, -0.2) is 13.9 Å². The lowest BCUT2D eigenvalue weighted by Crippen LogP contribution is -2.28. The molecule has 5 rings (SSSR count). The van der Waals surface area contributed by atoms with Crippen LogP contribution in [0.3, 0.4) is 0 Å². The number of carbonyl (C=O) groups is 3. The van der Waals surface area contributed by atoms with Crippen LogP contribution in [-0.4, -0.2) is 38.8 Å². The first kappa shape index (κ1) is 23.2. The Balaban J connectivity index is 1.34. The highest BCUT2D eigenvalue weighted by Gasteiger charge is 2.21. The van der Waals surface area contributed by atoms with E-state index in [1.54, 1.807) is 18.2 Å². The van der Waals surface area contributed by atoms with Crippen molar-refractivity contribution in [3.63, 3.8) is 0 Å². The summed E-state index contributed by atoms with van der Waals surface area (Å²) < 4.78 is 20.8. The fourth-order valence-electron chi connectivity index (χ4n) is 3.91. The number of rotatable bonds is 6. The van der Waals surface area contributed by atoms with Gasteiger partial charge in [-0.1, -0.05) is 35.9 Å². The largest absolute Gasteiger partial charge is 0.486 e. The molecule has 0 saturated carbocycles. The second-order valence-corrected chi connectivity index (χ2v) is 8.55. The van der Waals surface area contributed by atoms with Crippen LogP contribution in [0.2, 0.25) is 0 Å². The Bertz CT molecular complexity index is 1500. The third-order valence-electron chi connectivity index (χ3n) is 5.82. The van der Waals surface area contributed by atoms with Crippen LogP contribution in [0.15, 0.2) is 54.7 Å². The van der Waals surface area contributed by atoms with Crippen molar-refractivity contribution >= 4 is 23.2 Å². The number of hydrogen-bond acceptors (Lipinski definition) is 6. The summed E-state index contributed by atoms with van der Waals surface area (Å²) in [6.45, 7) is 2.42. The zero-order chi connectivity index (χ0) is 25.2. The van der Waals surface area contributed by atoms with Crippen LogP contribution >= 0.6 is 0 Å². The summed E-state index contributed by atoms with van der Waals surface area (Å²) >= 11 is 0. The number of nitrogens with one attached hydrogen (secondary N) is 2. The van der Waals surface area contributed by atoms with Gasteiger partial charge in [0.05, 0.1) is 6.20 Å². The standard InChI is InChI=1S/C26H22FN5O4/c1-15-2-4-16(5-3-15)11-29-26(35)22-10-21(31-24-20(27)13-30-32(22)24)25(34)28-12-17-6-7-23-18(8-17)9-19(33)14-36-23/h2-8,10,13H,9,11-12,14H2,1H3,(H,28,34)(H,29,35). The predicted octanol–water partition coefficient (Wildman–Crippen LogP) is 2.54. The molecule has 1 aliphatic heterocycles. The van der Waals surface area contributed by atoms with Crippen LogP contribution in [0, 0.1) is 12.7 Å². The SMILES string of the molecule is Cc1ccc(CNC(=O)c2cc(C(=O)NCc3ccc4c(c3)CC(=O)CO4)nc3c(F)cnn23)cc1. The van der Waals surface area contributed by atoms with Crippen molar-refractivity contribution in [2.24, 2.45) is 0 Å². The molecule has 0 fully saturated rings. The van der Waals surface area contributed by atoms with Gasteiger partial charge >= 0.3 is 0 Å². The van der Waals surface area contributed by atoms with Gasteiger partial charge in [-0.05, 0) is 30.2 Å². The molecule has 36 heavy (non-hydrogen) atoms. The van der Waals surface area contributed by atoms with E-state index in [-0.39, 0.29) is 48.9 Å². The highest BCUT2D eigenvalue weighted by molar-refractivity contribution is 5.98. The van der Waals surface area contributed by atoms with E-state index in [0.29, 0.717) is 5.75 Å². The molecular weight excluding hydrogens is 465 g/mol. The molecule has 1 aliphatic rings. The molecule has 10 heteroatoms. The van der Waals surface area contributed by atoms with Crippen molar-refractivity contribution < 1.29 is 23.5 Å². The van der Waals surface area contributed by atoms with Crippen molar-refractivity contribution in [2.45, 2.75) is 26.4 Å². The average molecular weight is 487 g/mol. The topological polar surface area (TPSA) is 115 Å². The number of amides is 2. The van der Waals surface area contributed by atoms with Gasteiger partial charge in [0.15, 0.2) is 17.2 Å². The van der Waals surface area contributed by atoms with E-state index in [9.17, 15) is 18.8 Å². The minimum absolute atomic E-state index is 0.0165. The number of hydrogen-bond donors (Lipinski definition) is 2. The van der Waals surface area contributed by atoms with Crippen LogP contribution in [-0.2, 0) is 24.3 Å². The minimum Gasteiger partial charge on any atom is -0.486 e. The van der Waals surface area contributed by atoms with E-state index in [1.165, 1.54) is 6.07 Å². The van der Waals surface area contributed by atoms with E-state index in [2.05, 4.69) is 20.7 Å². The maximum absolute atomic E-state index is 14.3. The summed E-state index contributed by atoms with van der Waals surface area (Å²) in [6, 6.07) is 14.3. The number of aromatic nitrogens is 3. The molecule has 0 radical (unpaired) electrons. The molecular formula is C26H22FN5O4. The van der Waals surface area contributed by atoms with Crippen molar-refractivity contribution in [1.82, 2.24) is 25.2 Å². The number of ether oxygens (including phenoxy) is 1. The summed E-state index contributed by atoms with van der Waals surface area (Å²) in [5, 5.41) is 9.39. The molecule has 4 aromatic rings. The van der Waals surface area contributed by atoms with E-state index in [4.69, 9.17) is 4.74 Å². The van der Waals surface area contributed by atoms with Gasteiger partial charge in [-0.15, -0.1) is 0 Å². The lowest BCUT2D eigenvalue weighted by molar-refractivity contribution is -0.121. The number of carbonyl (C=O) groups excluding carboxylic acids is 3. The Morgan fingerprint density at radius 2 is 1.75 bits per heavy atom. The Kier molecular flexibility index (Phi) is 6.16. The van der Waals surface area contributed by atoms with E-state index in [0.717, 1.165) is 33.0 Å². The predicted molar refractivity (Wildman–Crippen MR) is 127 cm³/mol. The first-order valence-corrected chi connectivity index (χ1v) is 11.3. The second-order valence-electron chi connectivity index (χ2n) is 8.55. The molecule has 0 unspecified atom stereocenters. The van der Waals surface area contributed by atoms with Gasteiger partial charge < -0.3 is 15.4 Å². The third kappa shape index (κ3) is 4.78. The lowest BCUT2D eigenvalue weighted by Gasteiger charge is -2.17. The van der Waals surface area contributed by atoms with E-state index >= 15 is 0 Å². The second kappa shape index (κ2) is 9.57. The molecule has 0 bridgehead atoms. The molecule has 0 atom stereocenters. The number of benzene rings is 2. The van der Waals surface area contributed by atoms with Gasteiger partial charge in [0.25, 0.3) is 11.8 Å². The Morgan fingerprint density at radius 3 is 2.56 bits per heavy atom. The normalized spacial score (nSPS) is 12.7. The number of ketones is 1. The summed E-state index contributed by atoms with van der Waals surface area (Å²) in [5.41, 5.74) is 3.12. The summed E-state index contributed by atoms with van der Waals surface area (Å²) in [6.07, 6.45) is 1.22. The lowest BCUT2D eigenvalue weighted by atomic mass is 10.0. The zero-order valence-electron chi connectivity index (χ0n) is 19.4. The molecule has 182 valence electrons. The zero-order valence-corrected chi connectivity index (χ0v) is 19.4. The molecule has 9 nitrogen and oxygen atoms in total. The first-order valence-electron chi connectivity index (χ1n) is 11.3. The third-order valence-corrected chi connectivity index (χ3v) is 5.82. The van der Waals surface area contributed by atoms with Crippen molar-refractivity contribution in [3.8, 4) is 5.75 Å². The highest BCUT2D eigenvalue weighted by Crippen LogP contribution is 2.24. The average Bonchev–Trinajstić information content (AvgIpc) is 3.26. The Labute approximate surface area is 205 Å². The number of halogens is 1. The molecule has 0 aliphatic carbocycles. The molecule has 2 amide bonds. The van der Waals surface area contributed by atoms with Crippen molar-refractivity contribution in [2.75, 3.05) is 6.61 Å². The summed E-state index contributed by atoms with van der Waals surface area (Å²) in [7, 11) is 0. The van der Waals surface area contributed by atoms with Gasteiger partial charge in [-0.2, -0.15) is 5.10 Å². The highest BCUT2D eigenvalue weighted by atomic mass is 19.1. The molecule has 3 heterocycles. The van der Waals surface area contributed by atoms with Crippen molar-refractivity contribution in [1.29, 1.82) is 0 Å². The molecule has 0 saturated heterocycles. The van der Waals surface area contributed by atoms with Crippen LogP contribution in [0.1, 0.15) is 43.2 Å². The Hall–Kier alpha value is -4.60. The number of Topliss-reactive ketones (excluding diaryl/α,β-unsaturated/α-hetero) is 1. The van der Waals surface area contributed by atoms with Gasteiger partial charge in [0, 0.05) is 31.1 Å². The Morgan fingerprint density at radius 1 is 1.03 bits per heavy atom. The van der Waals surface area contributed by atoms with Crippen LogP contribution in [0.4, 0.5) is 4.39 Å². The summed E-state index contributed by atoms with van der Waals surface area (Å²) in [4.78, 5) is 41.5. The fraction of sp³-hybridized carbons (Fsp3) is 0.192. The van der Waals surface area contributed by atoms with Gasteiger partial charge in [0.1, 0.15) is 23.7 Å². The van der Waals surface area contributed by atoms with Crippen LogP contribution in [0.5, 0.6) is 5.75 Å². The van der Waals surface area contributed by atoms with Crippen LogP contribution < -0.4 is 15.4 Å². The molecule has 2 N–H and O–H groups in total. The van der Waals surface area contributed by atoms with Gasteiger partial charge in [-0.3, -0.25) is 14.4 Å². The van der Waals surface area contributed by atoms with Crippen molar-refractivity contribution in [3.05, 3.63) is 94.2 Å². The fourth-order valence-corrected chi connectivity index (χ4v) is 3.91. The quantitative estimate of drug-likeness (QED) is 0.432. The molecule has 2 aromatic carbocycles. The monoisotopic (exact) mass is 487 g/mol. The van der Waals surface area contributed by atoms with E-state index < -0.39 is 17.6 Å². The maximum atomic E-state index is 14.3. The van der Waals surface area contributed by atoms with Crippen LogP contribution in [0.25, 0.3) is 5.65 Å².